The summed E-state index contributed by atoms with van der Waals surface area (Å²) in [5, 5.41) is 0. The molecule has 0 radical (unpaired) electrons. The highest BCUT2D eigenvalue weighted by atomic mass is 16.5. The summed E-state index contributed by atoms with van der Waals surface area (Å²) >= 11 is 0. The van der Waals surface area contributed by atoms with Gasteiger partial charge in [0.05, 0.1) is 25.1 Å². The number of rotatable bonds is 17. The van der Waals surface area contributed by atoms with E-state index in [1.165, 1.54) is 57.8 Å². The summed E-state index contributed by atoms with van der Waals surface area (Å²) in [6.07, 6.45) is 15.8. The van der Waals surface area contributed by atoms with Gasteiger partial charge < -0.3 is 9.47 Å². The predicted octanol–water partition coefficient (Wildman–Crippen LogP) is 8.47. The van der Waals surface area contributed by atoms with Crippen LogP contribution in [-0.2, 0) is 0 Å². The van der Waals surface area contributed by atoms with Crippen molar-refractivity contribution in [3.05, 3.63) is 42.6 Å². The van der Waals surface area contributed by atoms with Crippen molar-refractivity contribution < 1.29 is 9.47 Å². The van der Waals surface area contributed by atoms with E-state index in [0.29, 0.717) is 0 Å². The summed E-state index contributed by atoms with van der Waals surface area (Å²) < 4.78 is 11.7. The summed E-state index contributed by atoms with van der Waals surface area (Å²) in [5.41, 5.74) is 2.06. The number of benzene rings is 1. The second-order valence-electron chi connectivity index (χ2n) is 8.73. The van der Waals surface area contributed by atoms with Crippen molar-refractivity contribution in [2.24, 2.45) is 5.92 Å². The average molecular weight is 426 g/mol. The van der Waals surface area contributed by atoms with Crippen LogP contribution < -0.4 is 9.47 Å². The Labute approximate surface area is 190 Å². The van der Waals surface area contributed by atoms with Gasteiger partial charge in [-0.2, -0.15) is 0 Å². The maximum Gasteiger partial charge on any atom is 0.137 e. The maximum absolute atomic E-state index is 5.89. The first-order valence-corrected chi connectivity index (χ1v) is 12.5. The van der Waals surface area contributed by atoms with Crippen LogP contribution in [0.15, 0.2) is 42.6 Å². The third-order valence-corrected chi connectivity index (χ3v) is 5.96. The molecule has 1 heterocycles. The number of hydrogen-bond acceptors (Lipinski definition) is 3. The van der Waals surface area contributed by atoms with Crippen molar-refractivity contribution in [2.45, 2.75) is 91.4 Å². The first kappa shape index (κ1) is 25.2. The van der Waals surface area contributed by atoms with E-state index in [2.05, 4.69) is 37.9 Å². The van der Waals surface area contributed by atoms with Gasteiger partial charge in [0.2, 0.25) is 0 Å². The smallest absolute Gasteiger partial charge is 0.137 e. The van der Waals surface area contributed by atoms with Gasteiger partial charge in [-0.15, -0.1) is 0 Å². The van der Waals surface area contributed by atoms with Crippen molar-refractivity contribution in [1.29, 1.82) is 0 Å². The van der Waals surface area contributed by atoms with E-state index in [0.717, 1.165) is 54.7 Å². The highest BCUT2D eigenvalue weighted by Crippen LogP contribution is 2.23. The fourth-order valence-electron chi connectivity index (χ4n) is 3.60. The number of aromatic nitrogens is 1. The van der Waals surface area contributed by atoms with Gasteiger partial charge >= 0.3 is 0 Å². The molecule has 0 aliphatic heterocycles. The van der Waals surface area contributed by atoms with Gasteiger partial charge in [0.15, 0.2) is 0 Å². The SMILES string of the molecule is CCCCCCCCOc1ccc(-c2ccc(OCCCCCC(C)CC)cc2)nc1. The molecule has 172 valence electrons. The fraction of sp³-hybridized carbons (Fsp3) is 0.607. The van der Waals surface area contributed by atoms with Crippen LogP contribution in [0.5, 0.6) is 11.5 Å². The molecule has 0 spiro atoms. The van der Waals surface area contributed by atoms with Gasteiger partial charge in [-0.25, -0.2) is 0 Å². The average Bonchev–Trinajstić information content (AvgIpc) is 2.81. The number of nitrogens with zero attached hydrogens (tertiary/aromatic N) is 1. The quantitative estimate of drug-likeness (QED) is 0.238. The molecule has 0 amide bonds. The fourth-order valence-corrected chi connectivity index (χ4v) is 3.60. The minimum absolute atomic E-state index is 0.775. The van der Waals surface area contributed by atoms with E-state index in [1.54, 1.807) is 0 Å². The zero-order valence-electron chi connectivity index (χ0n) is 20.1. The van der Waals surface area contributed by atoms with Crippen LogP contribution in [0, 0.1) is 5.92 Å². The Hall–Kier alpha value is -2.03. The van der Waals surface area contributed by atoms with E-state index >= 15 is 0 Å². The normalized spacial score (nSPS) is 12.0. The zero-order chi connectivity index (χ0) is 22.2. The Morgan fingerprint density at radius 3 is 1.97 bits per heavy atom. The number of hydrogen-bond donors (Lipinski definition) is 0. The number of unbranched alkanes of at least 4 members (excludes halogenated alkanes) is 7. The van der Waals surface area contributed by atoms with Gasteiger partial charge in [0.1, 0.15) is 11.5 Å². The van der Waals surface area contributed by atoms with E-state index in [9.17, 15) is 0 Å². The molecule has 1 unspecified atom stereocenters. The molecule has 0 bridgehead atoms. The first-order valence-electron chi connectivity index (χ1n) is 12.5. The Bertz CT molecular complexity index is 681. The summed E-state index contributed by atoms with van der Waals surface area (Å²) in [4.78, 5) is 4.57. The van der Waals surface area contributed by atoms with Gasteiger partial charge in [-0.3, -0.25) is 4.98 Å². The van der Waals surface area contributed by atoms with Crippen molar-refractivity contribution in [1.82, 2.24) is 4.98 Å². The number of pyridine rings is 1. The summed E-state index contributed by atoms with van der Waals surface area (Å²) in [6.45, 7) is 8.43. The van der Waals surface area contributed by atoms with Crippen molar-refractivity contribution in [3.8, 4) is 22.8 Å². The third-order valence-electron chi connectivity index (χ3n) is 5.96. The second-order valence-corrected chi connectivity index (χ2v) is 8.73. The minimum Gasteiger partial charge on any atom is -0.494 e. The van der Waals surface area contributed by atoms with Crippen molar-refractivity contribution in [3.63, 3.8) is 0 Å². The topological polar surface area (TPSA) is 31.4 Å². The van der Waals surface area contributed by atoms with E-state index < -0.39 is 0 Å². The molecule has 1 aromatic carbocycles. The molecule has 31 heavy (non-hydrogen) atoms. The lowest BCUT2D eigenvalue weighted by molar-refractivity contribution is 0.302. The Morgan fingerprint density at radius 1 is 0.710 bits per heavy atom. The molecule has 0 N–H and O–H groups in total. The largest absolute Gasteiger partial charge is 0.494 e. The second kappa shape index (κ2) is 15.7. The Balaban J connectivity index is 1.65. The molecule has 0 aliphatic carbocycles. The molecule has 0 aliphatic rings. The standard InChI is InChI=1S/C28H43NO2/c1-4-6-7-8-9-12-22-31-27-19-20-28(29-23-27)25-15-17-26(18-16-25)30-21-13-10-11-14-24(3)5-2/h15-20,23-24H,4-14,21-22H2,1-3H3. The molecule has 3 heteroatoms. The van der Waals surface area contributed by atoms with Crippen LogP contribution in [0.25, 0.3) is 11.3 Å². The first-order chi connectivity index (χ1) is 15.2. The molecule has 0 fully saturated rings. The molecule has 1 atom stereocenters. The van der Waals surface area contributed by atoms with Gasteiger partial charge in [-0.05, 0) is 55.2 Å². The third kappa shape index (κ3) is 10.7. The predicted molar refractivity (Wildman–Crippen MR) is 132 cm³/mol. The van der Waals surface area contributed by atoms with E-state index in [-0.39, 0.29) is 0 Å². The summed E-state index contributed by atoms with van der Waals surface area (Å²) in [6, 6.07) is 12.3. The lowest BCUT2D eigenvalue weighted by Gasteiger charge is -2.09. The van der Waals surface area contributed by atoms with Gasteiger partial charge in [-0.1, -0.05) is 78.6 Å². The zero-order valence-corrected chi connectivity index (χ0v) is 20.1. The minimum atomic E-state index is 0.775. The molecule has 2 aromatic rings. The lowest BCUT2D eigenvalue weighted by atomic mass is 10.0. The number of ether oxygens (including phenoxy) is 2. The van der Waals surface area contributed by atoms with E-state index in [1.807, 2.05) is 30.5 Å². The lowest BCUT2D eigenvalue weighted by Crippen LogP contribution is -1.99. The van der Waals surface area contributed by atoms with Crippen LogP contribution in [0.3, 0.4) is 0 Å². The monoisotopic (exact) mass is 425 g/mol. The molecular weight excluding hydrogens is 382 g/mol. The van der Waals surface area contributed by atoms with Crippen molar-refractivity contribution in [2.75, 3.05) is 13.2 Å². The van der Waals surface area contributed by atoms with Crippen LogP contribution in [0.1, 0.15) is 91.4 Å². The highest BCUT2D eigenvalue weighted by Gasteiger charge is 2.03. The van der Waals surface area contributed by atoms with E-state index in [4.69, 9.17) is 9.47 Å². The van der Waals surface area contributed by atoms with Crippen LogP contribution in [0.4, 0.5) is 0 Å². The van der Waals surface area contributed by atoms with Gasteiger partial charge in [0.25, 0.3) is 0 Å². The Morgan fingerprint density at radius 2 is 1.32 bits per heavy atom. The Kier molecular flexibility index (Phi) is 12.8. The van der Waals surface area contributed by atoms with Gasteiger partial charge in [0, 0.05) is 5.56 Å². The molecular formula is C28H43NO2. The molecule has 2 rings (SSSR count). The molecule has 0 saturated heterocycles. The highest BCUT2D eigenvalue weighted by molar-refractivity contribution is 5.60. The molecule has 0 saturated carbocycles. The molecule has 1 aromatic heterocycles. The maximum atomic E-state index is 5.89. The summed E-state index contributed by atoms with van der Waals surface area (Å²) in [5.74, 6) is 2.64. The summed E-state index contributed by atoms with van der Waals surface area (Å²) in [7, 11) is 0. The van der Waals surface area contributed by atoms with Crippen LogP contribution >= 0.6 is 0 Å². The van der Waals surface area contributed by atoms with Crippen LogP contribution in [0.2, 0.25) is 0 Å². The van der Waals surface area contributed by atoms with Crippen molar-refractivity contribution >= 4 is 0 Å². The molecule has 3 nitrogen and oxygen atoms in total. The van der Waals surface area contributed by atoms with Crippen LogP contribution in [-0.4, -0.2) is 18.2 Å².